The molecule has 56 valence electrons. The second kappa shape index (κ2) is 0.610. The molecule has 0 radical (unpaired) electrons. The Morgan fingerprint density at radius 3 is 0.500 bits per heavy atom. The van der Waals surface area contributed by atoms with Crippen molar-refractivity contribution in [2.75, 3.05) is 0 Å². The van der Waals surface area contributed by atoms with E-state index in [1.54, 1.807) is 0 Å². The fourth-order valence-corrected chi connectivity index (χ4v) is 0. The second-order valence-corrected chi connectivity index (χ2v) is 9.28. The first-order valence-electron chi connectivity index (χ1n) is 1.000. The molecule has 0 unspecified atom stereocenters. The van der Waals surface area contributed by atoms with E-state index >= 15 is 0 Å². The Bertz CT molecular complexity index is 96.6. The van der Waals surface area contributed by atoms with Crippen LogP contribution in [0, 0.1) is 0 Å². The summed E-state index contributed by atoms with van der Waals surface area (Å²) in [5.41, 5.74) is 0. The first-order chi connectivity index (χ1) is 2.65. The van der Waals surface area contributed by atoms with Gasteiger partial charge >= 0.3 is 38.0 Å². The monoisotopic (exact) mass is 320 g/mol. The van der Waals surface area contributed by atoms with Crippen LogP contribution in [0.5, 0.6) is 0 Å². The van der Waals surface area contributed by atoms with Crippen LogP contribution in [0.15, 0.2) is 0 Å². The van der Waals surface area contributed by atoms with E-state index in [4.69, 9.17) is 0 Å². The summed E-state index contributed by atoms with van der Waals surface area (Å²) in [5.74, 6) is 0. The van der Waals surface area contributed by atoms with Crippen LogP contribution in [-0.2, 0) is 15.5 Å². The van der Waals surface area contributed by atoms with E-state index in [1.165, 1.54) is 0 Å². The molecule has 0 amide bonds. The van der Waals surface area contributed by atoms with Gasteiger partial charge in [0.15, 0.2) is 0 Å². The van der Waals surface area contributed by atoms with Gasteiger partial charge in [0.1, 0.15) is 0 Å². The third-order valence-corrected chi connectivity index (χ3v) is 0. The van der Waals surface area contributed by atoms with Gasteiger partial charge in [-0.2, -0.15) is 0 Å². The number of halogens is 7. The molecule has 0 aromatic carbocycles. The molecule has 0 aliphatic carbocycles. The predicted molar refractivity (Wildman–Crippen MR) is 7.76 cm³/mol. The molecule has 0 fully saturated rings. The van der Waals surface area contributed by atoms with E-state index in [0.717, 1.165) is 0 Å². The Balaban J connectivity index is 5.14. The molecule has 0 aromatic rings. The van der Waals surface area contributed by atoms with E-state index in [1.807, 2.05) is 0 Å². The minimum absolute atomic E-state index is 9.94. The Labute approximate surface area is 38.9 Å². The van der Waals surface area contributed by atoms with Crippen LogP contribution >= 0.6 is 0 Å². The zero-order chi connectivity index (χ0) is 7.38. The van der Waals surface area contributed by atoms with Crippen molar-refractivity contribution in [2.24, 2.45) is 0 Å². The van der Waals surface area contributed by atoms with Crippen LogP contribution in [0.1, 0.15) is 0 Å². The van der Waals surface area contributed by atoms with Gasteiger partial charge < -0.3 is 0 Å². The van der Waals surface area contributed by atoms with E-state index < -0.39 is 15.5 Å². The van der Waals surface area contributed by atoms with Crippen molar-refractivity contribution in [1.82, 2.24) is 0 Å². The third kappa shape index (κ3) is 5560. The normalized spacial score (nSPS) is 27.1. The summed E-state index contributed by atoms with van der Waals surface area (Å²) in [6, 6.07) is 0. The maximum absolute atomic E-state index is 13.3. The third-order valence-electron chi connectivity index (χ3n) is 0. The van der Waals surface area contributed by atoms with Crippen molar-refractivity contribution in [1.29, 1.82) is 0 Å². The quantitative estimate of drug-likeness (QED) is 0.602. The van der Waals surface area contributed by atoms with Crippen LogP contribution in [0.25, 0.3) is 0 Å². The van der Waals surface area contributed by atoms with Crippen molar-refractivity contribution in [3.05, 3.63) is 0 Å². The Hall–Kier alpha value is 0.172. The molecule has 8 heteroatoms. The average molecular weight is 319 g/mol. The average Bonchev–Trinajstić information content (AvgIpc) is 0.544. The Morgan fingerprint density at radius 1 is 0.500 bits per heavy atom. The molecule has 0 saturated heterocycles. The molecule has 0 aromatic heterocycles. The molecule has 0 rings (SSSR count). The summed E-state index contributed by atoms with van der Waals surface area (Å²) in [5, 5.41) is 0. The maximum atomic E-state index is 9.94. The van der Waals surface area contributed by atoms with Gasteiger partial charge in [0.25, 0.3) is 0 Å². The van der Waals surface area contributed by atoms with Crippen LogP contribution in [0.4, 0.5) is 22.6 Å². The van der Waals surface area contributed by atoms with Crippen LogP contribution < -0.4 is 0 Å². The standard InChI is InChI=1S/7FH.Re/h7*1H;/q;;;;;;;+7/p-7. The van der Waals surface area contributed by atoms with E-state index in [0.29, 0.717) is 0 Å². The molecular formula is F7Re. The molecule has 0 saturated carbocycles. The molecule has 0 N–H and O–H groups in total. The Morgan fingerprint density at radius 2 is 0.500 bits per heavy atom. The molecule has 0 aliphatic rings. The molecule has 8 heavy (non-hydrogen) atoms. The van der Waals surface area contributed by atoms with Gasteiger partial charge in [-0.1, -0.05) is 0 Å². The van der Waals surface area contributed by atoms with Crippen molar-refractivity contribution >= 4 is 0 Å². The van der Waals surface area contributed by atoms with Gasteiger partial charge in [0.05, 0.1) is 0 Å². The van der Waals surface area contributed by atoms with Gasteiger partial charge in [-0.3, -0.25) is 0 Å². The van der Waals surface area contributed by atoms with Crippen molar-refractivity contribution in [3.8, 4) is 0 Å². The van der Waals surface area contributed by atoms with Crippen LogP contribution in [0.3, 0.4) is 0 Å². The zero-order valence-electron chi connectivity index (χ0n) is 3.02. The summed E-state index contributed by atoms with van der Waals surface area (Å²) in [4.78, 5) is 0. The minimum atomic E-state index is -13.3. The fraction of sp³-hybridized carbons (Fsp3) is 0. The van der Waals surface area contributed by atoms with Gasteiger partial charge in [0, 0.05) is 0 Å². The molecule has 0 nitrogen and oxygen atoms in total. The predicted octanol–water partition coefficient (Wildman–Crippen LogP) is 2.94. The van der Waals surface area contributed by atoms with Crippen LogP contribution in [0.2, 0.25) is 0 Å². The molecule has 0 bridgehead atoms. The van der Waals surface area contributed by atoms with Gasteiger partial charge in [-0.05, 0) is 0 Å². The summed E-state index contributed by atoms with van der Waals surface area (Å²) >= 11 is -13.3. The topological polar surface area (TPSA) is 0 Å². The van der Waals surface area contributed by atoms with Gasteiger partial charge in [0.2, 0.25) is 0 Å². The van der Waals surface area contributed by atoms with Crippen molar-refractivity contribution in [2.45, 2.75) is 0 Å². The molecule has 0 heterocycles. The van der Waals surface area contributed by atoms with E-state index in [2.05, 4.69) is 0 Å². The van der Waals surface area contributed by atoms with Crippen LogP contribution in [-0.4, -0.2) is 0 Å². The summed E-state index contributed by atoms with van der Waals surface area (Å²) < 4.78 is 69.6. The molecule has 0 spiro atoms. The van der Waals surface area contributed by atoms with E-state index in [-0.39, 0.29) is 0 Å². The second-order valence-electron chi connectivity index (χ2n) is 1.13. The SMILES string of the molecule is [F][Re]([F])([F])([F])([F])([F])[F]. The zero-order valence-corrected chi connectivity index (χ0v) is 5.74. The Kier molecular flexibility index (Phi) is 0.623. The number of rotatable bonds is 0. The van der Waals surface area contributed by atoms with Gasteiger partial charge in [-0.15, -0.1) is 0 Å². The molecular weight excluding hydrogens is 319 g/mol. The van der Waals surface area contributed by atoms with Crippen molar-refractivity contribution in [3.63, 3.8) is 0 Å². The fourth-order valence-electron chi connectivity index (χ4n) is 0. The summed E-state index contributed by atoms with van der Waals surface area (Å²) in [6.07, 6.45) is 0. The number of hydrogen-bond acceptors (Lipinski definition) is 0. The van der Waals surface area contributed by atoms with Gasteiger partial charge in [-0.25, -0.2) is 0 Å². The van der Waals surface area contributed by atoms with E-state index in [9.17, 15) is 22.6 Å². The molecule has 0 aliphatic heterocycles. The first-order valence-corrected chi connectivity index (χ1v) is 8.19. The number of hydrogen-bond donors (Lipinski definition) is 0. The first kappa shape index (κ1) is 8.17. The summed E-state index contributed by atoms with van der Waals surface area (Å²) in [7, 11) is 0. The van der Waals surface area contributed by atoms with Crippen molar-refractivity contribution < 1.29 is 38.0 Å². The summed E-state index contributed by atoms with van der Waals surface area (Å²) in [6.45, 7) is 0. The molecule has 0 atom stereocenters.